The largest absolute Gasteiger partial charge is 0.438 e. The molecule has 3 N–H and O–H groups in total. The highest BCUT2D eigenvalue weighted by molar-refractivity contribution is 7.90. The van der Waals surface area contributed by atoms with Gasteiger partial charge in [-0.25, -0.2) is 14.7 Å². The summed E-state index contributed by atoms with van der Waals surface area (Å²) >= 11 is 0. The maximum atomic E-state index is 13.2. The Kier molecular flexibility index (Phi) is 7.49. The predicted molar refractivity (Wildman–Crippen MR) is 143 cm³/mol. The summed E-state index contributed by atoms with van der Waals surface area (Å²) in [7, 11) is -4.31. The third-order valence-corrected chi connectivity index (χ3v) is 7.37. The Balaban J connectivity index is 1.73. The Morgan fingerprint density at radius 1 is 1.05 bits per heavy atom. The molecule has 0 saturated heterocycles. The number of amides is 2. The molecule has 11 heteroatoms. The Morgan fingerprint density at radius 2 is 1.76 bits per heavy atom. The summed E-state index contributed by atoms with van der Waals surface area (Å²) in [5, 5.41) is -0.384. The zero-order valence-corrected chi connectivity index (χ0v) is 22.4. The smallest absolute Gasteiger partial charge is 0.281 e. The van der Waals surface area contributed by atoms with E-state index < -0.39 is 15.9 Å². The molecule has 0 saturated carbocycles. The summed E-state index contributed by atoms with van der Waals surface area (Å²) < 4.78 is 33.9. The van der Waals surface area contributed by atoms with Gasteiger partial charge in [-0.2, -0.15) is 8.42 Å². The Morgan fingerprint density at radius 3 is 2.37 bits per heavy atom. The van der Waals surface area contributed by atoms with Gasteiger partial charge < -0.3 is 15.4 Å². The summed E-state index contributed by atoms with van der Waals surface area (Å²) in [6, 6.07) is 11.1. The Hall–Kier alpha value is -4.25. The lowest BCUT2D eigenvalue weighted by atomic mass is 10.0. The number of pyridine rings is 2. The van der Waals surface area contributed by atoms with Gasteiger partial charge in [0.1, 0.15) is 17.1 Å². The van der Waals surface area contributed by atoms with Gasteiger partial charge in [-0.15, -0.1) is 0 Å². The van der Waals surface area contributed by atoms with Crippen molar-refractivity contribution in [1.29, 1.82) is 0 Å². The molecule has 0 bridgehead atoms. The summed E-state index contributed by atoms with van der Waals surface area (Å²) in [5.74, 6) is -0.447. The van der Waals surface area contributed by atoms with E-state index in [4.69, 9.17) is 10.5 Å². The monoisotopic (exact) mass is 535 g/mol. The maximum Gasteiger partial charge on any atom is 0.281 e. The molecule has 0 fully saturated rings. The van der Waals surface area contributed by atoms with E-state index >= 15 is 0 Å². The van der Waals surface area contributed by atoms with Crippen molar-refractivity contribution in [3.8, 4) is 11.6 Å². The van der Waals surface area contributed by atoms with Crippen LogP contribution in [0, 0.1) is 20.8 Å². The highest BCUT2D eigenvalue weighted by Gasteiger charge is 2.25. The fourth-order valence-corrected chi connectivity index (χ4v) is 5.23. The van der Waals surface area contributed by atoms with E-state index in [1.54, 1.807) is 11.0 Å². The average Bonchev–Trinajstić information content (AvgIpc) is 2.86. The lowest BCUT2D eigenvalue weighted by Crippen LogP contribution is -2.33. The SMILES string of the molecule is CC(=O)N1CC=C(c2ccc(C(=O)NS(=O)(=O)c3cccc(N)n3)c(Oc3c(C)cc(C)cc3C)n2)CC1. The normalized spacial score (nSPS) is 13.6. The Bertz CT molecular complexity index is 1540. The van der Waals surface area contributed by atoms with Crippen molar-refractivity contribution >= 4 is 33.2 Å². The number of benzene rings is 1. The first-order chi connectivity index (χ1) is 17.9. The quantitative estimate of drug-likeness (QED) is 0.488. The molecule has 0 atom stereocenters. The molecule has 3 heterocycles. The third-order valence-electron chi connectivity index (χ3n) is 6.14. The highest BCUT2D eigenvalue weighted by Crippen LogP contribution is 2.33. The van der Waals surface area contributed by atoms with Crippen LogP contribution >= 0.6 is 0 Å². The van der Waals surface area contributed by atoms with Gasteiger partial charge in [0, 0.05) is 20.0 Å². The number of hydrogen-bond donors (Lipinski definition) is 2. The number of aryl methyl sites for hydroxylation is 3. The first-order valence-corrected chi connectivity index (χ1v) is 13.4. The van der Waals surface area contributed by atoms with E-state index in [-0.39, 0.29) is 28.2 Å². The molecule has 1 aliphatic heterocycles. The van der Waals surface area contributed by atoms with E-state index in [9.17, 15) is 18.0 Å². The molecular weight excluding hydrogens is 506 g/mol. The number of nitrogens with one attached hydrogen (secondary N) is 1. The molecular formula is C27H29N5O5S. The molecule has 0 unspecified atom stereocenters. The molecule has 2 aromatic heterocycles. The molecule has 2 amide bonds. The van der Waals surface area contributed by atoms with Crippen molar-refractivity contribution < 1.29 is 22.7 Å². The number of aromatic nitrogens is 2. The first-order valence-electron chi connectivity index (χ1n) is 12.0. The number of sulfonamides is 1. The van der Waals surface area contributed by atoms with Gasteiger partial charge >= 0.3 is 0 Å². The standard InChI is InChI=1S/C27H29N5O5S/c1-16-14-17(2)25(18(3)15-16)37-27-21(26(34)31-38(35,36)24-7-5-6-23(28)30-24)8-9-22(29-27)20-10-12-32(13-11-20)19(4)33/h5-10,14-15H,11-13H2,1-4H3,(H2,28,30)(H,31,34). The van der Waals surface area contributed by atoms with Crippen LogP contribution in [0.25, 0.3) is 5.57 Å². The molecule has 198 valence electrons. The van der Waals surface area contributed by atoms with Gasteiger partial charge in [-0.3, -0.25) is 9.59 Å². The molecule has 38 heavy (non-hydrogen) atoms. The van der Waals surface area contributed by atoms with Crippen molar-refractivity contribution in [3.05, 3.63) is 76.5 Å². The van der Waals surface area contributed by atoms with Crippen LogP contribution in [0.5, 0.6) is 11.6 Å². The van der Waals surface area contributed by atoms with Gasteiger partial charge in [0.15, 0.2) is 5.03 Å². The molecule has 3 aromatic rings. The average molecular weight is 536 g/mol. The minimum absolute atomic E-state index is 0.00443. The minimum Gasteiger partial charge on any atom is -0.438 e. The number of anilines is 1. The van der Waals surface area contributed by atoms with E-state index in [0.29, 0.717) is 31.0 Å². The van der Waals surface area contributed by atoms with Crippen molar-refractivity contribution in [2.45, 2.75) is 39.1 Å². The first kappa shape index (κ1) is 26.8. The number of nitrogens with two attached hydrogens (primary N) is 1. The van der Waals surface area contributed by atoms with Crippen molar-refractivity contribution in [1.82, 2.24) is 19.6 Å². The van der Waals surface area contributed by atoms with Gasteiger partial charge in [0.05, 0.1) is 5.69 Å². The molecule has 10 nitrogen and oxygen atoms in total. The number of carbonyl (C=O) groups excluding carboxylic acids is 2. The van der Waals surface area contributed by atoms with Crippen LogP contribution in [0.2, 0.25) is 0 Å². The van der Waals surface area contributed by atoms with Crippen LogP contribution in [0.4, 0.5) is 5.82 Å². The molecule has 0 spiro atoms. The lowest BCUT2D eigenvalue weighted by molar-refractivity contribution is -0.128. The predicted octanol–water partition coefficient (Wildman–Crippen LogP) is 3.53. The molecule has 0 radical (unpaired) electrons. The van der Waals surface area contributed by atoms with Crippen LogP contribution in [0.1, 0.15) is 46.1 Å². The van der Waals surface area contributed by atoms with Gasteiger partial charge in [0.2, 0.25) is 11.8 Å². The second kappa shape index (κ2) is 10.6. The highest BCUT2D eigenvalue weighted by atomic mass is 32.2. The molecule has 0 aliphatic carbocycles. The van der Waals surface area contributed by atoms with E-state index in [0.717, 1.165) is 22.3 Å². The lowest BCUT2D eigenvalue weighted by Gasteiger charge is -2.25. The summed E-state index contributed by atoms with van der Waals surface area (Å²) in [4.78, 5) is 35.1. The molecule has 1 aliphatic rings. The topological polar surface area (TPSA) is 145 Å². The zero-order valence-electron chi connectivity index (χ0n) is 21.6. The summed E-state index contributed by atoms with van der Waals surface area (Å²) in [6.07, 6.45) is 2.49. The molecule has 4 rings (SSSR count). The van der Waals surface area contributed by atoms with E-state index in [1.807, 2.05) is 43.7 Å². The Labute approximate surface area is 221 Å². The van der Waals surface area contributed by atoms with Crippen LogP contribution in [0.3, 0.4) is 0 Å². The number of rotatable bonds is 6. The minimum atomic E-state index is -4.31. The van der Waals surface area contributed by atoms with Crippen LogP contribution in [-0.4, -0.2) is 48.2 Å². The van der Waals surface area contributed by atoms with E-state index in [1.165, 1.54) is 31.2 Å². The molecule has 1 aromatic carbocycles. The van der Waals surface area contributed by atoms with E-state index in [2.05, 4.69) is 9.97 Å². The van der Waals surface area contributed by atoms with Gasteiger partial charge in [-0.05, 0) is 68.2 Å². The van der Waals surface area contributed by atoms with Gasteiger partial charge in [-0.1, -0.05) is 29.8 Å². The number of nitrogens with zero attached hydrogens (tertiary/aromatic N) is 3. The van der Waals surface area contributed by atoms with Crippen LogP contribution in [-0.2, 0) is 14.8 Å². The third kappa shape index (κ3) is 5.83. The number of carbonyl (C=O) groups is 2. The summed E-state index contributed by atoms with van der Waals surface area (Å²) in [6.45, 7) is 8.26. The maximum absolute atomic E-state index is 13.2. The van der Waals surface area contributed by atoms with Crippen LogP contribution in [0.15, 0.2) is 53.6 Å². The number of hydrogen-bond acceptors (Lipinski definition) is 8. The van der Waals surface area contributed by atoms with Crippen molar-refractivity contribution in [3.63, 3.8) is 0 Å². The number of nitrogen functional groups attached to an aromatic ring is 1. The fraction of sp³-hybridized carbons (Fsp3) is 0.259. The number of ether oxygens (including phenoxy) is 1. The van der Waals surface area contributed by atoms with Gasteiger partial charge in [0.25, 0.3) is 15.9 Å². The zero-order chi connectivity index (χ0) is 27.6. The van der Waals surface area contributed by atoms with Crippen molar-refractivity contribution in [2.24, 2.45) is 0 Å². The van der Waals surface area contributed by atoms with Crippen LogP contribution < -0.4 is 15.2 Å². The second-order valence-electron chi connectivity index (χ2n) is 9.16. The van der Waals surface area contributed by atoms with Crippen molar-refractivity contribution in [2.75, 3.05) is 18.8 Å². The second-order valence-corrected chi connectivity index (χ2v) is 10.8. The summed E-state index contributed by atoms with van der Waals surface area (Å²) in [5.41, 5.74) is 9.74. The fourth-order valence-electron chi connectivity index (χ4n) is 4.29.